The van der Waals surface area contributed by atoms with Gasteiger partial charge in [0.2, 0.25) is 0 Å². The number of carbonyl (C=O) groups excluding carboxylic acids is 2. The van der Waals surface area contributed by atoms with Crippen molar-refractivity contribution in [2.75, 3.05) is 5.73 Å². The fourth-order valence-corrected chi connectivity index (χ4v) is 2.76. The van der Waals surface area contributed by atoms with E-state index in [2.05, 4.69) is 0 Å². The van der Waals surface area contributed by atoms with Crippen LogP contribution in [0, 0.1) is 10.1 Å². The van der Waals surface area contributed by atoms with Crippen molar-refractivity contribution in [2.24, 2.45) is 0 Å². The Labute approximate surface area is 169 Å². The summed E-state index contributed by atoms with van der Waals surface area (Å²) in [5, 5.41) is 10.8. The maximum absolute atomic E-state index is 13.0. The van der Waals surface area contributed by atoms with E-state index in [-0.39, 0.29) is 22.8 Å². The van der Waals surface area contributed by atoms with Crippen molar-refractivity contribution in [1.82, 2.24) is 4.90 Å². The first-order valence-corrected chi connectivity index (χ1v) is 9.11. The Morgan fingerprint density at radius 1 is 1.17 bits per heavy atom. The number of benzene rings is 2. The molecule has 0 aliphatic carbocycles. The van der Waals surface area contributed by atoms with Crippen LogP contribution in [0.1, 0.15) is 43.6 Å². The van der Waals surface area contributed by atoms with Crippen molar-refractivity contribution in [3.05, 3.63) is 69.8 Å². The van der Waals surface area contributed by atoms with E-state index in [1.165, 1.54) is 13.0 Å². The lowest BCUT2D eigenvalue weighted by Gasteiger charge is -2.37. The summed E-state index contributed by atoms with van der Waals surface area (Å²) in [5.74, 6) is -1.16. The van der Waals surface area contributed by atoms with Gasteiger partial charge in [-0.15, -0.1) is 0 Å². The van der Waals surface area contributed by atoms with Crippen LogP contribution >= 0.6 is 0 Å². The maximum Gasteiger partial charge on any atom is 0.341 e. The van der Waals surface area contributed by atoms with Crippen molar-refractivity contribution in [1.29, 1.82) is 0 Å². The molecule has 0 heterocycles. The van der Waals surface area contributed by atoms with Crippen molar-refractivity contribution >= 4 is 23.3 Å². The van der Waals surface area contributed by atoms with Crippen LogP contribution < -0.4 is 5.73 Å². The molecule has 0 bridgehead atoms. The molecule has 2 N–H and O–H groups in total. The predicted molar refractivity (Wildman–Crippen MR) is 109 cm³/mol. The normalized spacial score (nSPS) is 12.1. The highest BCUT2D eigenvalue weighted by atomic mass is 16.6. The molecule has 2 aromatic rings. The molecule has 2 aromatic carbocycles. The molecule has 0 fully saturated rings. The van der Waals surface area contributed by atoms with Crippen LogP contribution in [0.2, 0.25) is 0 Å². The number of hydrogen-bond donors (Lipinski definition) is 1. The first-order valence-electron chi connectivity index (χ1n) is 9.11. The number of rotatable bonds is 6. The van der Waals surface area contributed by atoms with Gasteiger partial charge in [-0.1, -0.05) is 30.3 Å². The first kappa shape index (κ1) is 21.9. The summed E-state index contributed by atoms with van der Waals surface area (Å²) in [6.07, 6.45) is -1.06. The van der Waals surface area contributed by atoms with E-state index in [1.54, 1.807) is 4.90 Å². The maximum atomic E-state index is 13.0. The molecule has 0 spiro atoms. The van der Waals surface area contributed by atoms with E-state index in [4.69, 9.17) is 10.5 Å². The molecular formula is C21H25N3O5. The Morgan fingerprint density at radius 2 is 1.79 bits per heavy atom. The highest BCUT2D eigenvalue weighted by molar-refractivity contribution is 5.97. The van der Waals surface area contributed by atoms with Gasteiger partial charge in [-0.3, -0.25) is 14.9 Å². The number of amides is 1. The smallest absolute Gasteiger partial charge is 0.341 e. The van der Waals surface area contributed by atoms with Gasteiger partial charge in [0.15, 0.2) is 6.10 Å². The molecule has 29 heavy (non-hydrogen) atoms. The zero-order valence-corrected chi connectivity index (χ0v) is 16.9. The van der Waals surface area contributed by atoms with Crippen LogP contribution in [0.5, 0.6) is 0 Å². The van der Waals surface area contributed by atoms with Gasteiger partial charge in [0, 0.05) is 24.2 Å². The fourth-order valence-electron chi connectivity index (χ4n) is 2.76. The van der Waals surface area contributed by atoms with E-state index in [1.807, 2.05) is 51.1 Å². The Morgan fingerprint density at radius 3 is 2.31 bits per heavy atom. The molecule has 8 heteroatoms. The highest BCUT2D eigenvalue weighted by Crippen LogP contribution is 2.23. The number of nitrogens with two attached hydrogens (primary N) is 1. The minimum absolute atomic E-state index is 0.0272. The quantitative estimate of drug-likeness (QED) is 0.344. The molecule has 8 nitrogen and oxygen atoms in total. The molecule has 2 rings (SSSR count). The number of nitro benzene ring substituents is 1. The molecule has 0 saturated carbocycles. The highest BCUT2D eigenvalue weighted by Gasteiger charge is 2.32. The zero-order valence-electron chi connectivity index (χ0n) is 16.9. The van der Waals surface area contributed by atoms with Crippen LogP contribution in [-0.4, -0.2) is 33.3 Å². The van der Waals surface area contributed by atoms with E-state index in [9.17, 15) is 19.7 Å². The summed E-state index contributed by atoms with van der Waals surface area (Å²) < 4.78 is 5.31. The summed E-state index contributed by atoms with van der Waals surface area (Å²) in [5.41, 5.74) is 5.85. The lowest BCUT2D eigenvalue weighted by molar-refractivity contribution is -0.384. The number of non-ortho nitro benzene ring substituents is 1. The van der Waals surface area contributed by atoms with E-state index < -0.39 is 22.5 Å². The Balaban J connectivity index is 2.16. The number of anilines is 1. The average molecular weight is 399 g/mol. The Bertz CT molecular complexity index is 906. The van der Waals surface area contributed by atoms with Gasteiger partial charge in [-0.05, 0) is 39.3 Å². The van der Waals surface area contributed by atoms with Gasteiger partial charge < -0.3 is 15.4 Å². The molecule has 154 valence electrons. The van der Waals surface area contributed by atoms with Crippen molar-refractivity contribution in [3.8, 4) is 0 Å². The second-order valence-corrected chi connectivity index (χ2v) is 7.66. The molecule has 0 aliphatic heterocycles. The molecule has 0 saturated heterocycles. The third-order valence-electron chi connectivity index (χ3n) is 4.36. The summed E-state index contributed by atoms with van der Waals surface area (Å²) in [4.78, 5) is 37.3. The lowest BCUT2D eigenvalue weighted by atomic mass is 10.0. The van der Waals surface area contributed by atoms with Gasteiger partial charge in [-0.2, -0.15) is 0 Å². The molecule has 1 atom stereocenters. The van der Waals surface area contributed by atoms with Crippen molar-refractivity contribution < 1.29 is 19.2 Å². The average Bonchev–Trinajstić information content (AvgIpc) is 2.65. The topological polar surface area (TPSA) is 116 Å². The predicted octanol–water partition coefficient (Wildman–Crippen LogP) is 3.55. The fraction of sp³-hybridized carbons (Fsp3) is 0.333. The Hall–Kier alpha value is -3.42. The number of nitrogen functional groups attached to an aromatic ring is 1. The standard InChI is InChI=1S/C21H25N3O5/c1-14(29-20(26)17-11-10-16(24(27)28)12-18(17)22)19(25)23(21(2,3)4)13-15-8-6-5-7-9-15/h5-12,14H,13,22H2,1-4H3/t14-/m1/s1. The summed E-state index contributed by atoms with van der Waals surface area (Å²) in [6.45, 7) is 7.56. The number of carbonyl (C=O) groups is 2. The number of ether oxygens (including phenoxy) is 1. The minimum atomic E-state index is -1.06. The van der Waals surface area contributed by atoms with Crippen LogP contribution in [0.25, 0.3) is 0 Å². The third-order valence-corrected chi connectivity index (χ3v) is 4.36. The SMILES string of the molecule is C[C@@H](OC(=O)c1ccc([N+](=O)[O-])cc1N)C(=O)N(Cc1ccccc1)C(C)(C)C. The number of nitrogens with zero attached hydrogens (tertiary/aromatic N) is 2. The summed E-state index contributed by atoms with van der Waals surface area (Å²) in [7, 11) is 0. The molecule has 0 radical (unpaired) electrons. The van der Waals surface area contributed by atoms with Crippen LogP contribution in [0.4, 0.5) is 11.4 Å². The molecule has 1 amide bonds. The van der Waals surface area contributed by atoms with Crippen molar-refractivity contribution in [3.63, 3.8) is 0 Å². The summed E-state index contributed by atoms with van der Waals surface area (Å²) in [6, 6.07) is 13.0. The van der Waals surface area contributed by atoms with E-state index in [0.29, 0.717) is 6.54 Å². The second kappa shape index (κ2) is 8.72. The molecule has 0 aromatic heterocycles. The molecule has 0 unspecified atom stereocenters. The largest absolute Gasteiger partial charge is 0.449 e. The summed E-state index contributed by atoms with van der Waals surface area (Å²) >= 11 is 0. The number of hydrogen-bond acceptors (Lipinski definition) is 6. The van der Waals surface area contributed by atoms with Gasteiger partial charge in [-0.25, -0.2) is 4.79 Å². The third kappa shape index (κ3) is 5.54. The number of esters is 1. The van der Waals surface area contributed by atoms with Gasteiger partial charge >= 0.3 is 5.97 Å². The van der Waals surface area contributed by atoms with Gasteiger partial charge in [0.25, 0.3) is 11.6 Å². The van der Waals surface area contributed by atoms with E-state index in [0.717, 1.165) is 17.7 Å². The van der Waals surface area contributed by atoms with Gasteiger partial charge in [0.05, 0.1) is 16.2 Å². The Kier molecular flexibility index (Phi) is 6.58. The second-order valence-electron chi connectivity index (χ2n) is 7.66. The zero-order chi connectivity index (χ0) is 21.8. The van der Waals surface area contributed by atoms with Gasteiger partial charge in [0.1, 0.15) is 0 Å². The monoisotopic (exact) mass is 399 g/mol. The van der Waals surface area contributed by atoms with Crippen molar-refractivity contribution in [2.45, 2.75) is 45.9 Å². The van der Waals surface area contributed by atoms with Crippen LogP contribution in [0.3, 0.4) is 0 Å². The van der Waals surface area contributed by atoms with Crippen LogP contribution in [-0.2, 0) is 16.1 Å². The first-order chi connectivity index (χ1) is 13.5. The molecular weight excluding hydrogens is 374 g/mol. The van der Waals surface area contributed by atoms with E-state index >= 15 is 0 Å². The number of nitro groups is 1. The van der Waals surface area contributed by atoms with Crippen LogP contribution in [0.15, 0.2) is 48.5 Å². The minimum Gasteiger partial charge on any atom is -0.449 e. The lowest BCUT2D eigenvalue weighted by Crippen LogP contribution is -2.49. The molecule has 0 aliphatic rings.